The van der Waals surface area contributed by atoms with Crippen LogP contribution in [0.4, 0.5) is 0 Å². The zero-order valence-corrected chi connectivity index (χ0v) is 14.0. The van der Waals surface area contributed by atoms with Crippen molar-refractivity contribution in [1.29, 1.82) is 0 Å². The lowest BCUT2D eigenvalue weighted by molar-refractivity contribution is -0.152. The molecule has 1 aromatic heterocycles. The third-order valence-electron chi connectivity index (χ3n) is 4.19. The normalized spacial score (nSPS) is 19.1. The zero-order valence-electron chi connectivity index (χ0n) is 14.0. The number of likely N-dealkylation sites (tertiary alicyclic amines) is 1. The van der Waals surface area contributed by atoms with Crippen LogP contribution in [0.3, 0.4) is 0 Å². The van der Waals surface area contributed by atoms with Gasteiger partial charge in [-0.15, -0.1) is 0 Å². The van der Waals surface area contributed by atoms with E-state index in [9.17, 15) is 4.79 Å². The van der Waals surface area contributed by atoms with Gasteiger partial charge in [0, 0.05) is 17.8 Å². The van der Waals surface area contributed by atoms with Gasteiger partial charge in [0.05, 0.1) is 24.9 Å². The molecule has 1 aliphatic heterocycles. The third kappa shape index (κ3) is 3.67. The summed E-state index contributed by atoms with van der Waals surface area (Å²) in [7, 11) is 0. The summed E-state index contributed by atoms with van der Waals surface area (Å²) in [6.07, 6.45) is 1.79. The first kappa shape index (κ1) is 17.0. The van der Waals surface area contributed by atoms with Gasteiger partial charge in [-0.25, -0.2) is 0 Å². The summed E-state index contributed by atoms with van der Waals surface area (Å²) >= 11 is 0. The first-order valence-corrected chi connectivity index (χ1v) is 8.02. The maximum absolute atomic E-state index is 12.2. The quantitative estimate of drug-likeness (QED) is 0.805. The summed E-state index contributed by atoms with van der Waals surface area (Å²) < 4.78 is 7.21. The van der Waals surface area contributed by atoms with Gasteiger partial charge in [-0.1, -0.05) is 0 Å². The standard InChI is InChI=1S/C16H27N3O3/c1-11(2)22-16(21)15-6-5-7-18(15)10-14-12(3)17-19(8-9-20)13(14)4/h11,15,20H,5-10H2,1-4H3/t15-/m0/s1. The smallest absolute Gasteiger partial charge is 0.323 e. The molecule has 0 aromatic carbocycles. The number of carbonyl (C=O) groups is 1. The van der Waals surface area contributed by atoms with E-state index in [0.717, 1.165) is 36.3 Å². The van der Waals surface area contributed by atoms with E-state index in [1.54, 1.807) is 0 Å². The SMILES string of the molecule is Cc1nn(CCO)c(C)c1CN1CCC[C@H]1C(=O)OC(C)C. The fourth-order valence-corrected chi connectivity index (χ4v) is 3.07. The molecule has 1 atom stereocenters. The average Bonchev–Trinajstić information content (AvgIpc) is 2.99. The molecule has 0 aliphatic carbocycles. The van der Waals surface area contributed by atoms with Crippen molar-refractivity contribution in [2.45, 2.75) is 65.8 Å². The second kappa shape index (κ2) is 7.24. The Morgan fingerprint density at radius 2 is 2.18 bits per heavy atom. The van der Waals surface area contributed by atoms with Crippen molar-refractivity contribution in [1.82, 2.24) is 14.7 Å². The van der Waals surface area contributed by atoms with Gasteiger partial charge in [0.15, 0.2) is 0 Å². The van der Waals surface area contributed by atoms with Crippen LogP contribution < -0.4 is 0 Å². The minimum absolute atomic E-state index is 0.0778. The molecule has 1 N–H and O–H groups in total. The Bertz CT molecular complexity index is 525. The Morgan fingerprint density at radius 1 is 1.45 bits per heavy atom. The highest BCUT2D eigenvalue weighted by molar-refractivity contribution is 5.76. The molecule has 2 heterocycles. The molecule has 0 radical (unpaired) electrons. The second-order valence-corrected chi connectivity index (χ2v) is 6.21. The summed E-state index contributed by atoms with van der Waals surface area (Å²) in [5.41, 5.74) is 3.18. The number of nitrogens with zero attached hydrogens (tertiary/aromatic N) is 3. The Hall–Kier alpha value is -1.40. The van der Waals surface area contributed by atoms with Crippen LogP contribution in [0.1, 0.15) is 43.6 Å². The molecule has 124 valence electrons. The molecule has 6 nitrogen and oxygen atoms in total. The summed E-state index contributed by atoms with van der Waals surface area (Å²) in [6.45, 7) is 9.95. The Kier molecular flexibility index (Phi) is 5.58. The average molecular weight is 309 g/mol. The lowest BCUT2D eigenvalue weighted by Gasteiger charge is -2.24. The molecule has 1 saturated heterocycles. The van der Waals surface area contributed by atoms with Gasteiger partial charge in [-0.05, 0) is 47.1 Å². The van der Waals surface area contributed by atoms with Crippen LogP contribution in [0.2, 0.25) is 0 Å². The van der Waals surface area contributed by atoms with Gasteiger partial charge >= 0.3 is 5.97 Å². The summed E-state index contributed by atoms with van der Waals surface area (Å²) in [6, 6.07) is -0.151. The van der Waals surface area contributed by atoms with Gasteiger partial charge in [0.2, 0.25) is 0 Å². The van der Waals surface area contributed by atoms with Crippen molar-refractivity contribution in [2.24, 2.45) is 0 Å². The van der Waals surface area contributed by atoms with Crippen molar-refractivity contribution in [3.63, 3.8) is 0 Å². The highest BCUT2D eigenvalue weighted by Gasteiger charge is 2.33. The van der Waals surface area contributed by atoms with Gasteiger partial charge in [-0.2, -0.15) is 5.10 Å². The number of aromatic nitrogens is 2. The number of carbonyl (C=O) groups excluding carboxylic acids is 1. The molecule has 2 rings (SSSR count). The molecule has 0 saturated carbocycles. The minimum atomic E-state index is -0.151. The Morgan fingerprint density at radius 3 is 2.82 bits per heavy atom. The molecular weight excluding hydrogens is 282 g/mol. The number of hydrogen-bond acceptors (Lipinski definition) is 5. The van der Waals surface area contributed by atoms with E-state index in [4.69, 9.17) is 9.84 Å². The topological polar surface area (TPSA) is 67.6 Å². The molecule has 0 bridgehead atoms. The number of aliphatic hydroxyl groups is 1. The van der Waals surface area contributed by atoms with Gasteiger partial charge in [0.25, 0.3) is 0 Å². The van der Waals surface area contributed by atoms with E-state index in [1.165, 1.54) is 0 Å². The lowest BCUT2D eigenvalue weighted by atomic mass is 10.1. The van der Waals surface area contributed by atoms with Crippen LogP contribution in [-0.4, -0.2) is 51.1 Å². The van der Waals surface area contributed by atoms with Crippen LogP contribution in [-0.2, 0) is 22.6 Å². The molecule has 22 heavy (non-hydrogen) atoms. The summed E-state index contributed by atoms with van der Waals surface area (Å²) in [5.74, 6) is -0.120. The maximum atomic E-state index is 12.2. The van der Waals surface area contributed by atoms with E-state index in [2.05, 4.69) is 10.00 Å². The van der Waals surface area contributed by atoms with Gasteiger partial charge in [0.1, 0.15) is 6.04 Å². The third-order valence-corrected chi connectivity index (χ3v) is 4.19. The van der Waals surface area contributed by atoms with Crippen molar-refractivity contribution in [2.75, 3.05) is 13.2 Å². The molecule has 0 spiro atoms. The fourth-order valence-electron chi connectivity index (χ4n) is 3.07. The molecule has 6 heteroatoms. The molecule has 0 unspecified atom stereocenters. The predicted molar refractivity (Wildman–Crippen MR) is 83.4 cm³/mol. The Labute approximate surface area is 132 Å². The van der Waals surface area contributed by atoms with E-state index in [1.807, 2.05) is 32.4 Å². The van der Waals surface area contributed by atoms with Crippen molar-refractivity contribution >= 4 is 5.97 Å². The second-order valence-electron chi connectivity index (χ2n) is 6.21. The van der Waals surface area contributed by atoms with E-state index >= 15 is 0 Å². The van der Waals surface area contributed by atoms with Crippen LogP contribution in [0.25, 0.3) is 0 Å². The summed E-state index contributed by atoms with van der Waals surface area (Å²) in [4.78, 5) is 14.4. The van der Waals surface area contributed by atoms with E-state index in [-0.39, 0.29) is 24.7 Å². The fraction of sp³-hybridized carbons (Fsp3) is 0.750. The van der Waals surface area contributed by atoms with Crippen molar-refractivity contribution in [3.8, 4) is 0 Å². The molecule has 1 fully saturated rings. The highest BCUT2D eigenvalue weighted by atomic mass is 16.5. The monoisotopic (exact) mass is 309 g/mol. The summed E-state index contributed by atoms with van der Waals surface area (Å²) in [5, 5.41) is 13.6. The first-order valence-electron chi connectivity index (χ1n) is 8.02. The number of rotatable bonds is 6. The van der Waals surface area contributed by atoms with Crippen LogP contribution in [0.5, 0.6) is 0 Å². The highest BCUT2D eigenvalue weighted by Crippen LogP contribution is 2.24. The lowest BCUT2D eigenvalue weighted by Crippen LogP contribution is -2.38. The van der Waals surface area contributed by atoms with Crippen LogP contribution >= 0.6 is 0 Å². The van der Waals surface area contributed by atoms with Gasteiger partial charge in [-0.3, -0.25) is 14.4 Å². The minimum Gasteiger partial charge on any atom is -0.462 e. The molecule has 0 amide bonds. The van der Waals surface area contributed by atoms with Gasteiger partial charge < -0.3 is 9.84 Å². The Balaban J connectivity index is 2.11. The molecule has 1 aromatic rings. The van der Waals surface area contributed by atoms with Crippen molar-refractivity contribution in [3.05, 3.63) is 17.0 Å². The molecule has 1 aliphatic rings. The number of ether oxygens (including phenoxy) is 1. The van der Waals surface area contributed by atoms with Crippen LogP contribution in [0, 0.1) is 13.8 Å². The predicted octanol–water partition coefficient (Wildman–Crippen LogP) is 1.41. The van der Waals surface area contributed by atoms with Crippen molar-refractivity contribution < 1.29 is 14.6 Å². The number of esters is 1. The number of aliphatic hydroxyl groups excluding tert-OH is 1. The van der Waals surface area contributed by atoms with E-state index in [0.29, 0.717) is 13.1 Å². The maximum Gasteiger partial charge on any atom is 0.323 e. The number of aryl methyl sites for hydroxylation is 1. The molecular formula is C16H27N3O3. The number of hydrogen-bond donors (Lipinski definition) is 1. The largest absolute Gasteiger partial charge is 0.462 e. The van der Waals surface area contributed by atoms with Crippen LogP contribution in [0.15, 0.2) is 0 Å². The van der Waals surface area contributed by atoms with E-state index < -0.39 is 0 Å². The zero-order chi connectivity index (χ0) is 16.3. The first-order chi connectivity index (χ1) is 10.4.